The molecule has 8 heteroatoms. The lowest BCUT2D eigenvalue weighted by Crippen LogP contribution is -2.60. The fraction of sp³-hybridized carbons (Fsp3) is 0.741. The van der Waals surface area contributed by atoms with Gasteiger partial charge in [0.1, 0.15) is 11.6 Å². The van der Waals surface area contributed by atoms with Crippen molar-refractivity contribution in [1.29, 1.82) is 0 Å². The van der Waals surface area contributed by atoms with E-state index in [-0.39, 0.29) is 31.1 Å². The molecule has 0 radical (unpaired) electrons. The summed E-state index contributed by atoms with van der Waals surface area (Å²) >= 11 is 0. The van der Waals surface area contributed by atoms with Gasteiger partial charge in [-0.25, -0.2) is 0 Å². The van der Waals surface area contributed by atoms with Crippen molar-refractivity contribution in [2.75, 3.05) is 19.8 Å². The van der Waals surface area contributed by atoms with Crippen molar-refractivity contribution < 1.29 is 29.0 Å². The van der Waals surface area contributed by atoms with E-state index in [0.717, 1.165) is 38.5 Å². The van der Waals surface area contributed by atoms with Crippen LogP contribution in [0.15, 0.2) is 25.3 Å². The number of esters is 1. The van der Waals surface area contributed by atoms with Gasteiger partial charge in [-0.15, -0.1) is 13.2 Å². The maximum Gasteiger partial charge on any atom is 0.312 e. The predicted octanol–water partition coefficient (Wildman–Crippen LogP) is 2.60. The second kappa shape index (κ2) is 10.8. The fourth-order valence-electron chi connectivity index (χ4n) is 6.80. The molecule has 1 aliphatic carbocycles. The summed E-state index contributed by atoms with van der Waals surface area (Å²) < 4.78 is 12.0. The van der Waals surface area contributed by atoms with Gasteiger partial charge in [0.15, 0.2) is 0 Å². The summed E-state index contributed by atoms with van der Waals surface area (Å²) in [7, 11) is 0. The third-order valence-corrected chi connectivity index (χ3v) is 8.40. The highest BCUT2D eigenvalue weighted by Crippen LogP contribution is 2.59. The van der Waals surface area contributed by atoms with Crippen LogP contribution < -0.4 is 0 Å². The van der Waals surface area contributed by atoms with E-state index < -0.39 is 41.6 Å². The molecule has 2 unspecified atom stereocenters. The van der Waals surface area contributed by atoms with Crippen LogP contribution in [0.2, 0.25) is 0 Å². The average molecular weight is 489 g/mol. The normalized spacial score (nSPS) is 32.9. The molecule has 1 N–H and O–H groups in total. The van der Waals surface area contributed by atoms with Gasteiger partial charge in [-0.05, 0) is 45.4 Å². The van der Waals surface area contributed by atoms with Gasteiger partial charge in [0, 0.05) is 12.6 Å². The molecule has 1 spiro atoms. The SMILES string of the molecule is C=CCCCOC(=O)[C@@H]1[C@@H]2CCC3(O2)C(C(=O)N(CC=C)C2CCCCC2)N([C@H](C)CO)C(=O)[C@H]13. The highest BCUT2D eigenvalue weighted by molar-refractivity contribution is 5.98. The first-order valence-electron chi connectivity index (χ1n) is 13.2. The van der Waals surface area contributed by atoms with Crippen LogP contribution in [0.3, 0.4) is 0 Å². The third kappa shape index (κ3) is 4.44. The second-order valence-electron chi connectivity index (χ2n) is 10.5. The minimum Gasteiger partial charge on any atom is -0.465 e. The van der Waals surface area contributed by atoms with Gasteiger partial charge in [0.2, 0.25) is 11.8 Å². The van der Waals surface area contributed by atoms with Crippen LogP contribution in [0.25, 0.3) is 0 Å². The van der Waals surface area contributed by atoms with E-state index in [1.165, 1.54) is 4.90 Å². The summed E-state index contributed by atoms with van der Waals surface area (Å²) in [6.45, 7) is 9.67. The first kappa shape index (κ1) is 25.9. The molecule has 2 bridgehead atoms. The summed E-state index contributed by atoms with van der Waals surface area (Å²) in [5.41, 5.74) is -1.07. The molecule has 35 heavy (non-hydrogen) atoms. The highest BCUT2D eigenvalue weighted by Gasteiger charge is 2.75. The number of hydrogen-bond acceptors (Lipinski definition) is 6. The Hall–Kier alpha value is -2.19. The van der Waals surface area contributed by atoms with Crippen LogP contribution >= 0.6 is 0 Å². The van der Waals surface area contributed by atoms with Crippen molar-refractivity contribution in [3.05, 3.63) is 25.3 Å². The topological polar surface area (TPSA) is 96.4 Å². The van der Waals surface area contributed by atoms with Crippen LogP contribution in [-0.2, 0) is 23.9 Å². The number of ether oxygens (including phenoxy) is 2. The fourth-order valence-corrected chi connectivity index (χ4v) is 6.80. The minimum atomic E-state index is -1.07. The number of unbranched alkanes of at least 4 members (excludes halogenated alkanes) is 1. The molecule has 4 fully saturated rings. The Morgan fingerprint density at radius 2 is 2.00 bits per heavy atom. The molecule has 4 rings (SSSR count). The molecule has 2 amide bonds. The largest absolute Gasteiger partial charge is 0.465 e. The molecule has 3 saturated heterocycles. The first-order valence-corrected chi connectivity index (χ1v) is 13.2. The Labute approximate surface area is 208 Å². The number of fused-ring (bicyclic) bond motifs is 1. The van der Waals surface area contributed by atoms with E-state index in [1.807, 2.05) is 4.90 Å². The summed E-state index contributed by atoms with van der Waals surface area (Å²) in [4.78, 5) is 44.6. The Morgan fingerprint density at radius 1 is 1.26 bits per heavy atom. The van der Waals surface area contributed by atoms with Crippen LogP contribution in [0.5, 0.6) is 0 Å². The first-order chi connectivity index (χ1) is 16.9. The number of nitrogens with zero attached hydrogens (tertiary/aromatic N) is 2. The van der Waals surface area contributed by atoms with E-state index in [4.69, 9.17) is 9.47 Å². The molecule has 6 atom stereocenters. The van der Waals surface area contributed by atoms with Crippen molar-refractivity contribution in [1.82, 2.24) is 9.80 Å². The zero-order chi connectivity index (χ0) is 25.2. The lowest BCUT2D eigenvalue weighted by atomic mass is 9.70. The molecule has 194 valence electrons. The zero-order valence-electron chi connectivity index (χ0n) is 20.9. The Balaban J connectivity index is 1.65. The van der Waals surface area contributed by atoms with Gasteiger partial charge in [-0.2, -0.15) is 0 Å². The summed E-state index contributed by atoms with van der Waals surface area (Å²) in [5.74, 6) is -2.38. The number of aliphatic hydroxyl groups is 1. The predicted molar refractivity (Wildman–Crippen MR) is 130 cm³/mol. The van der Waals surface area contributed by atoms with E-state index in [9.17, 15) is 19.5 Å². The van der Waals surface area contributed by atoms with E-state index in [2.05, 4.69) is 13.2 Å². The van der Waals surface area contributed by atoms with Gasteiger partial charge in [-0.1, -0.05) is 31.4 Å². The molecular weight excluding hydrogens is 448 g/mol. The maximum atomic E-state index is 14.3. The number of allylic oxidation sites excluding steroid dienone is 1. The molecule has 0 aromatic heterocycles. The quantitative estimate of drug-likeness (QED) is 0.273. The molecule has 1 saturated carbocycles. The Bertz CT molecular complexity index is 840. The lowest BCUT2D eigenvalue weighted by molar-refractivity contribution is -0.157. The summed E-state index contributed by atoms with van der Waals surface area (Å²) in [6.07, 6.45) is 10.8. The Kier molecular flexibility index (Phi) is 8.01. The molecule has 3 aliphatic heterocycles. The second-order valence-corrected chi connectivity index (χ2v) is 10.5. The minimum absolute atomic E-state index is 0.0929. The van der Waals surface area contributed by atoms with Crippen LogP contribution in [0.4, 0.5) is 0 Å². The van der Waals surface area contributed by atoms with Crippen LogP contribution in [0, 0.1) is 11.8 Å². The lowest BCUT2D eigenvalue weighted by Gasteiger charge is -2.41. The van der Waals surface area contributed by atoms with Gasteiger partial charge in [0.25, 0.3) is 0 Å². The van der Waals surface area contributed by atoms with Crippen molar-refractivity contribution >= 4 is 17.8 Å². The number of rotatable bonds is 11. The monoisotopic (exact) mass is 488 g/mol. The van der Waals surface area contributed by atoms with Crippen molar-refractivity contribution in [3.8, 4) is 0 Å². The van der Waals surface area contributed by atoms with Crippen molar-refractivity contribution in [2.24, 2.45) is 11.8 Å². The highest BCUT2D eigenvalue weighted by atomic mass is 16.6. The van der Waals surface area contributed by atoms with E-state index >= 15 is 0 Å². The standard InChI is InChI=1S/C27H40N2O6/c1-4-6-10-16-34-26(33)21-20-13-14-27(35-20)22(21)24(31)29(18(3)17-30)23(27)25(32)28(15-5-2)19-11-8-7-9-12-19/h4-5,18-23,30H,1-2,6-17H2,3H3/t18-,20+,21-,22+,23?,27?/m1/s1. The van der Waals surface area contributed by atoms with Crippen molar-refractivity contribution in [2.45, 2.75) is 94.5 Å². The number of aliphatic hydroxyl groups excluding tert-OH is 1. The molecule has 8 nitrogen and oxygen atoms in total. The molecule has 0 aromatic carbocycles. The third-order valence-electron chi connectivity index (χ3n) is 8.40. The van der Waals surface area contributed by atoms with Crippen LogP contribution in [0.1, 0.15) is 64.7 Å². The number of amides is 2. The van der Waals surface area contributed by atoms with Gasteiger partial charge in [-0.3, -0.25) is 14.4 Å². The number of carbonyl (C=O) groups excluding carboxylic acids is 3. The molecule has 3 heterocycles. The number of carbonyl (C=O) groups is 3. The van der Waals surface area contributed by atoms with Crippen LogP contribution in [-0.4, -0.2) is 82.3 Å². The van der Waals surface area contributed by atoms with E-state index in [1.54, 1.807) is 19.1 Å². The summed E-state index contributed by atoms with van der Waals surface area (Å²) in [6, 6.07) is -1.34. The Morgan fingerprint density at radius 3 is 2.66 bits per heavy atom. The molecule has 4 aliphatic rings. The smallest absolute Gasteiger partial charge is 0.312 e. The van der Waals surface area contributed by atoms with Crippen molar-refractivity contribution in [3.63, 3.8) is 0 Å². The number of likely N-dealkylation sites (tertiary alicyclic amines) is 1. The molecular formula is C27H40N2O6. The maximum absolute atomic E-state index is 14.3. The zero-order valence-corrected chi connectivity index (χ0v) is 20.9. The summed E-state index contributed by atoms with van der Waals surface area (Å²) in [5, 5.41) is 10.00. The van der Waals surface area contributed by atoms with E-state index in [0.29, 0.717) is 25.8 Å². The van der Waals surface area contributed by atoms with Gasteiger partial charge >= 0.3 is 5.97 Å². The van der Waals surface area contributed by atoms with Gasteiger partial charge < -0.3 is 24.4 Å². The average Bonchev–Trinajstić information content (AvgIpc) is 3.52. The molecule has 0 aromatic rings. The number of hydrogen-bond donors (Lipinski definition) is 1. The van der Waals surface area contributed by atoms with Gasteiger partial charge in [0.05, 0.1) is 37.2 Å².